The van der Waals surface area contributed by atoms with Crippen LogP contribution in [0.25, 0.3) is 0 Å². The van der Waals surface area contributed by atoms with Gasteiger partial charge in [0.25, 0.3) is 0 Å². The molecule has 0 aliphatic heterocycles. The van der Waals surface area contributed by atoms with E-state index in [-0.39, 0.29) is 17.9 Å². The van der Waals surface area contributed by atoms with Gasteiger partial charge >= 0.3 is 42.7 Å². The van der Waals surface area contributed by atoms with Gasteiger partial charge in [-0.2, -0.15) is 0 Å². The molecule has 2 radical (unpaired) electrons. The van der Waals surface area contributed by atoms with Crippen molar-refractivity contribution < 1.29 is 17.9 Å². The van der Waals surface area contributed by atoms with Gasteiger partial charge in [-0.05, 0) is 36.8 Å². The van der Waals surface area contributed by atoms with E-state index in [1.54, 1.807) is 49.4 Å². The third-order valence-corrected chi connectivity index (χ3v) is 4.83. The zero-order valence-corrected chi connectivity index (χ0v) is 19.7. The molecule has 0 saturated heterocycles. The van der Waals surface area contributed by atoms with Crippen molar-refractivity contribution in [2.75, 3.05) is 12.3 Å². The normalized spacial score (nSPS) is 11.8. The minimum atomic E-state index is -3.78. The molecule has 3 N–H and O–H groups in total. The molecule has 0 aliphatic rings. The SMILES string of the molecule is CCOC(=O)CC(NS(=O)(=O)c1ccccc1)c1cccc(N)c1.[Cl][Sn][Cl]. The van der Waals surface area contributed by atoms with Crippen molar-refractivity contribution in [1.29, 1.82) is 0 Å². The number of ether oxygens (including phenoxy) is 1. The van der Waals surface area contributed by atoms with Crippen LogP contribution in [0.2, 0.25) is 0 Å². The van der Waals surface area contributed by atoms with Crippen molar-refractivity contribution >= 4 is 58.4 Å². The quantitative estimate of drug-likeness (QED) is 0.321. The number of hydrogen-bond acceptors (Lipinski definition) is 5. The van der Waals surface area contributed by atoms with Crippen LogP contribution in [-0.2, 0) is 19.6 Å². The summed E-state index contributed by atoms with van der Waals surface area (Å²) in [5.74, 6) is -0.485. The third kappa shape index (κ3) is 8.69. The number of esters is 1. The fourth-order valence-corrected chi connectivity index (χ4v) is 3.49. The number of carbonyl (C=O) groups excluding carboxylic acids is 1. The summed E-state index contributed by atoms with van der Waals surface area (Å²) in [6, 6.07) is 14.0. The Labute approximate surface area is 177 Å². The number of sulfonamides is 1. The first-order valence-corrected chi connectivity index (χ1v) is 16.6. The molecule has 0 fully saturated rings. The van der Waals surface area contributed by atoms with Crippen LogP contribution < -0.4 is 10.5 Å². The molecular weight excluding hydrogens is 518 g/mol. The molecule has 0 saturated carbocycles. The summed E-state index contributed by atoms with van der Waals surface area (Å²) in [4.78, 5) is 12.0. The molecule has 0 aromatic heterocycles. The second kappa shape index (κ2) is 12.5. The van der Waals surface area contributed by atoms with Crippen molar-refractivity contribution in [1.82, 2.24) is 4.72 Å². The van der Waals surface area contributed by atoms with Gasteiger partial charge in [0.05, 0.1) is 24.0 Å². The monoisotopic (exact) mass is 538 g/mol. The summed E-state index contributed by atoms with van der Waals surface area (Å²) in [6.45, 7) is 1.93. The van der Waals surface area contributed by atoms with Crippen LogP contribution in [0.4, 0.5) is 5.69 Å². The fraction of sp³-hybridized carbons (Fsp3) is 0.235. The number of halogens is 2. The van der Waals surface area contributed by atoms with E-state index in [4.69, 9.17) is 28.3 Å². The van der Waals surface area contributed by atoms with E-state index >= 15 is 0 Å². The van der Waals surface area contributed by atoms with E-state index < -0.39 is 40.9 Å². The number of rotatable bonds is 7. The van der Waals surface area contributed by atoms with Gasteiger partial charge in [-0.25, -0.2) is 13.1 Å². The second-order valence-electron chi connectivity index (χ2n) is 5.24. The van der Waals surface area contributed by atoms with Gasteiger partial charge in [0, 0.05) is 5.69 Å². The Kier molecular flexibility index (Phi) is 11.1. The van der Waals surface area contributed by atoms with Crippen LogP contribution in [0, 0.1) is 0 Å². The molecule has 1 unspecified atom stereocenters. The minimum absolute atomic E-state index is 0.122. The van der Waals surface area contributed by atoms with Crippen LogP contribution in [0.1, 0.15) is 24.9 Å². The van der Waals surface area contributed by atoms with E-state index in [2.05, 4.69) is 4.72 Å². The molecule has 6 nitrogen and oxygen atoms in total. The number of benzene rings is 2. The predicted molar refractivity (Wildman–Crippen MR) is 109 cm³/mol. The Morgan fingerprint density at radius 2 is 1.81 bits per heavy atom. The van der Waals surface area contributed by atoms with E-state index in [0.29, 0.717) is 11.3 Å². The third-order valence-electron chi connectivity index (χ3n) is 3.34. The molecule has 27 heavy (non-hydrogen) atoms. The maximum absolute atomic E-state index is 12.5. The van der Waals surface area contributed by atoms with E-state index in [0.717, 1.165) is 0 Å². The van der Waals surface area contributed by atoms with Crippen LogP contribution in [0.5, 0.6) is 0 Å². The van der Waals surface area contributed by atoms with Crippen molar-refractivity contribution in [3.63, 3.8) is 0 Å². The first-order valence-electron chi connectivity index (χ1n) is 7.88. The second-order valence-corrected chi connectivity index (χ2v) is 11.2. The summed E-state index contributed by atoms with van der Waals surface area (Å²) in [7, 11) is 6.09. The molecule has 146 valence electrons. The van der Waals surface area contributed by atoms with E-state index in [1.807, 2.05) is 0 Å². The molecular formula is C17H20Cl2N2O4SSn. The number of hydrogen-bond donors (Lipinski definition) is 2. The molecule has 0 bridgehead atoms. The van der Waals surface area contributed by atoms with Gasteiger partial charge in [0.15, 0.2) is 0 Å². The Hall–Kier alpha value is -1.00. The van der Waals surface area contributed by atoms with Crippen LogP contribution in [-0.4, -0.2) is 39.9 Å². The number of nitrogens with two attached hydrogens (primary N) is 1. The van der Waals surface area contributed by atoms with Crippen molar-refractivity contribution in [2.24, 2.45) is 0 Å². The Morgan fingerprint density at radius 1 is 1.19 bits per heavy atom. The first-order chi connectivity index (χ1) is 12.8. The van der Waals surface area contributed by atoms with Gasteiger partial charge in [-0.15, -0.1) is 0 Å². The number of anilines is 1. The summed E-state index contributed by atoms with van der Waals surface area (Å²) >= 11 is -0.826. The summed E-state index contributed by atoms with van der Waals surface area (Å²) in [5.41, 5.74) is 6.85. The molecule has 0 aliphatic carbocycles. The fourth-order valence-electron chi connectivity index (χ4n) is 2.24. The standard InChI is InChI=1S/C17H20N2O4S.2ClH.Sn/c1-2-23-17(20)12-16(13-7-6-8-14(18)11-13)19-24(21,22)15-9-4-3-5-10-15;;;/h3-11,16,19H,2,12,18H2,1H3;2*1H;/q;;;+2/p-2. The van der Waals surface area contributed by atoms with Crippen molar-refractivity contribution in [3.8, 4) is 0 Å². The van der Waals surface area contributed by atoms with Crippen LogP contribution in [0.3, 0.4) is 0 Å². The van der Waals surface area contributed by atoms with E-state index in [9.17, 15) is 13.2 Å². The summed E-state index contributed by atoms with van der Waals surface area (Å²) < 4.78 is 32.6. The number of carbonyl (C=O) groups is 1. The Morgan fingerprint density at radius 3 is 2.37 bits per heavy atom. The van der Waals surface area contributed by atoms with Gasteiger partial charge < -0.3 is 10.5 Å². The predicted octanol–water partition coefficient (Wildman–Crippen LogP) is 3.24. The maximum atomic E-state index is 12.5. The Bertz CT molecular complexity index is 823. The molecule has 0 heterocycles. The molecule has 2 aromatic carbocycles. The molecule has 10 heteroatoms. The van der Waals surface area contributed by atoms with Crippen molar-refractivity contribution in [2.45, 2.75) is 24.3 Å². The molecule has 0 spiro atoms. The number of nitrogen functional groups attached to an aromatic ring is 1. The molecule has 2 aromatic rings. The average molecular weight is 538 g/mol. The van der Waals surface area contributed by atoms with Crippen LogP contribution >= 0.6 is 17.8 Å². The summed E-state index contributed by atoms with van der Waals surface area (Å²) in [5, 5.41) is 0. The first kappa shape index (κ1) is 24.0. The van der Waals surface area contributed by atoms with Gasteiger partial charge in [0.1, 0.15) is 0 Å². The van der Waals surface area contributed by atoms with Crippen LogP contribution in [0.15, 0.2) is 59.5 Å². The topological polar surface area (TPSA) is 98.5 Å². The average Bonchev–Trinajstić information content (AvgIpc) is 2.63. The van der Waals surface area contributed by atoms with Gasteiger partial charge in [0.2, 0.25) is 10.0 Å². The Balaban J connectivity index is 0.00000114. The van der Waals surface area contributed by atoms with Crippen molar-refractivity contribution in [3.05, 3.63) is 60.2 Å². The van der Waals surface area contributed by atoms with Gasteiger partial charge in [-0.1, -0.05) is 30.3 Å². The molecule has 1 atom stereocenters. The zero-order chi connectivity index (χ0) is 20.3. The van der Waals surface area contributed by atoms with Gasteiger partial charge in [-0.3, -0.25) is 4.79 Å². The zero-order valence-electron chi connectivity index (χ0n) is 14.6. The molecule has 2 rings (SSSR count). The van der Waals surface area contributed by atoms with E-state index in [1.165, 1.54) is 12.1 Å². The molecule has 0 amide bonds. The summed E-state index contributed by atoms with van der Waals surface area (Å²) in [6.07, 6.45) is -0.122. The number of nitrogens with one attached hydrogen (secondary N) is 1.